The second-order valence-corrected chi connectivity index (χ2v) is 7.44. The first kappa shape index (κ1) is 22.0. The Morgan fingerprint density at radius 2 is 1.97 bits per heavy atom. The van der Waals surface area contributed by atoms with Crippen molar-refractivity contribution < 1.29 is 9.47 Å². The molecule has 4 aromatic rings. The van der Waals surface area contributed by atoms with Crippen LogP contribution in [0.25, 0.3) is 29.1 Å². The molecule has 1 aromatic carbocycles. The molecule has 0 aliphatic rings. The van der Waals surface area contributed by atoms with Gasteiger partial charge in [-0.1, -0.05) is 31.9 Å². The quantitative estimate of drug-likeness (QED) is 0.323. The number of benzene rings is 1. The molecule has 0 amide bonds. The molecule has 0 unspecified atom stereocenters. The van der Waals surface area contributed by atoms with Crippen LogP contribution >= 0.6 is 0 Å². The number of fused-ring (bicyclic) bond motifs is 1. The summed E-state index contributed by atoms with van der Waals surface area (Å²) in [5, 5.41) is 9.10. The van der Waals surface area contributed by atoms with E-state index < -0.39 is 0 Å². The Morgan fingerprint density at radius 1 is 1.06 bits per heavy atom. The molecule has 3 heterocycles. The van der Waals surface area contributed by atoms with Crippen LogP contribution in [0.5, 0.6) is 11.5 Å². The zero-order chi connectivity index (χ0) is 23.0. The number of ether oxygens (including phenoxy) is 2. The normalized spacial score (nSPS) is 11.1. The standard InChI is InChI=1S/C26H25N5O2/c1-3-4-5-16-33-25-20(8-6-10-22(25)32-2)12-14-24-30-21-9-7-15-28-26(21)31(24)23-13-11-19(17-27)18-29-23/h6-15,18H,3-5,16H2,1-2H3/b14-12+. The molecular formula is C26H25N5O2. The van der Waals surface area contributed by atoms with Gasteiger partial charge in [0.25, 0.3) is 0 Å². The number of nitrogens with zero attached hydrogens (tertiary/aromatic N) is 5. The highest BCUT2D eigenvalue weighted by molar-refractivity contribution is 5.80. The van der Waals surface area contributed by atoms with E-state index in [4.69, 9.17) is 19.7 Å². The van der Waals surface area contributed by atoms with Crippen molar-refractivity contribution in [2.75, 3.05) is 13.7 Å². The zero-order valence-electron chi connectivity index (χ0n) is 18.7. The van der Waals surface area contributed by atoms with Crippen molar-refractivity contribution in [3.8, 4) is 23.4 Å². The maximum atomic E-state index is 9.10. The Balaban J connectivity index is 1.74. The molecular weight excluding hydrogens is 414 g/mol. The molecule has 0 aliphatic carbocycles. The van der Waals surface area contributed by atoms with Gasteiger partial charge in [-0.25, -0.2) is 15.0 Å². The molecule has 0 fully saturated rings. The van der Waals surface area contributed by atoms with E-state index in [1.807, 2.05) is 47.1 Å². The Hall–Kier alpha value is -4.18. The summed E-state index contributed by atoms with van der Waals surface area (Å²) in [6.07, 6.45) is 10.4. The summed E-state index contributed by atoms with van der Waals surface area (Å²) < 4.78 is 13.5. The third kappa shape index (κ3) is 4.85. The molecule has 0 saturated carbocycles. The monoisotopic (exact) mass is 439 g/mol. The molecule has 7 nitrogen and oxygen atoms in total. The Bertz CT molecular complexity index is 1300. The number of hydrogen-bond donors (Lipinski definition) is 0. The van der Waals surface area contributed by atoms with Crippen LogP contribution in [0.3, 0.4) is 0 Å². The predicted octanol–water partition coefficient (Wildman–Crippen LogP) is 5.44. The molecule has 7 heteroatoms. The van der Waals surface area contributed by atoms with Gasteiger partial charge in [-0.2, -0.15) is 5.26 Å². The highest BCUT2D eigenvalue weighted by Gasteiger charge is 2.14. The molecule has 3 aromatic heterocycles. The molecule has 33 heavy (non-hydrogen) atoms. The number of para-hydroxylation sites is 1. The second kappa shape index (κ2) is 10.4. The maximum Gasteiger partial charge on any atom is 0.168 e. The van der Waals surface area contributed by atoms with Crippen LogP contribution in [0.15, 0.2) is 54.9 Å². The summed E-state index contributed by atoms with van der Waals surface area (Å²) in [5.74, 6) is 2.71. The highest BCUT2D eigenvalue weighted by atomic mass is 16.5. The Morgan fingerprint density at radius 3 is 2.73 bits per heavy atom. The SMILES string of the molecule is CCCCCOc1c(/C=C/c2nc3cccnc3n2-c2ccc(C#N)cn2)cccc1OC. The fourth-order valence-corrected chi connectivity index (χ4v) is 3.52. The summed E-state index contributed by atoms with van der Waals surface area (Å²) in [6, 6.07) is 15.2. The van der Waals surface area contributed by atoms with Gasteiger partial charge in [-0.15, -0.1) is 0 Å². The molecule has 4 rings (SSSR count). The van der Waals surface area contributed by atoms with Gasteiger partial charge in [0, 0.05) is 18.0 Å². The summed E-state index contributed by atoms with van der Waals surface area (Å²) in [5.41, 5.74) is 2.83. The van der Waals surface area contributed by atoms with Gasteiger partial charge >= 0.3 is 0 Å². The van der Waals surface area contributed by atoms with Crippen LogP contribution in [-0.2, 0) is 0 Å². The summed E-state index contributed by atoms with van der Waals surface area (Å²) in [7, 11) is 1.64. The van der Waals surface area contributed by atoms with Crippen molar-refractivity contribution in [1.29, 1.82) is 5.26 Å². The number of rotatable bonds is 9. The van der Waals surface area contributed by atoms with Gasteiger partial charge < -0.3 is 9.47 Å². The average molecular weight is 440 g/mol. The molecule has 0 aliphatic heterocycles. The van der Waals surface area contributed by atoms with Gasteiger partial charge in [-0.3, -0.25) is 4.57 Å². The number of aromatic nitrogens is 4. The van der Waals surface area contributed by atoms with Crippen LogP contribution in [0.2, 0.25) is 0 Å². The minimum absolute atomic E-state index is 0.495. The number of hydrogen-bond acceptors (Lipinski definition) is 6. The third-order valence-electron chi connectivity index (χ3n) is 5.18. The second-order valence-electron chi connectivity index (χ2n) is 7.44. The van der Waals surface area contributed by atoms with E-state index in [9.17, 15) is 0 Å². The number of unbranched alkanes of at least 4 members (excludes halogenated alkanes) is 2. The fraction of sp³-hybridized carbons (Fsp3) is 0.231. The van der Waals surface area contributed by atoms with Crippen molar-refractivity contribution in [2.45, 2.75) is 26.2 Å². The molecule has 166 valence electrons. The highest BCUT2D eigenvalue weighted by Crippen LogP contribution is 2.33. The summed E-state index contributed by atoms with van der Waals surface area (Å²) in [6.45, 7) is 2.80. The van der Waals surface area contributed by atoms with Crippen molar-refractivity contribution >= 4 is 23.3 Å². The van der Waals surface area contributed by atoms with Crippen LogP contribution in [0.1, 0.15) is 43.1 Å². The predicted molar refractivity (Wildman–Crippen MR) is 128 cm³/mol. The number of imidazole rings is 1. The molecule has 0 spiro atoms. The number of pyridine rings is 2. The topological polar surface area (TPSA) is 85.9 Å². The Labute approximate surface area is 193 Å². The molecule has 0 saturated heterocycles. The minimum Gasteiger partial charge on any atom is -0.493 e. The van der Waals surface area contributed by atoms with Gasteiger partial charge in [0.15, 0.2) is 17.1 Å². The van der Waals surface area contributed by atoms with E-state index >= 15 is 0 Å². The lowest BCUT2D eigenvalue weighted by Gasteiger charge is -2.13. The van der Waals surface area contributed by atoms with E-state index in [1.54, 1.807) is 31.6 Å². The van der Waals surface area contributed by atoms with Gasteiger partial charge in [0.2, 0.25) is 0 Å². The van der Waals surface area contributed by atoms with E-state index in [0.29, 0.717) is 41.0 Å². The lowest BCUT2D eigenvalue weighted by Crippen LogP contribution is -2.02. The van der Waals surface area contributed by atoms with E-state index in [0.717, 1.165) is 30.3 Å². The van der Waals surface area contributed by atoms with Gasteiger partial charge in [0.1, 0.15) is 23.2 Å². The third-order valence-corrected chi connectivity index (χ3v) is 5.18. The molecule has 0 radical (unpaired) electrons. The Kier molecular flexibility index (Phi) is 6.96. The van der Waals surface area contributed by atoms with E-state index in [2.05, 4.69) is 23.0 Å². The lowest BCUT2D eigenvalue weighted by molar-refractivity contribution is 0.285. The van der Waals surface area contributed by atoms with Crippen LogP contribution < -0.4 is 9.47 Å². The summed E-state index contributed by atoms with van der Waals surface area (Å²) in [4.78, 5) is 13.7. The van der Waals surface area contributed by atoms with Gasteiger partial charge in [-0.05, 0) is 48.9 Å². The van der Waals surface area contributed by atoms with Gasteiger partial charge in [0.05, 0.1) is 19.3 Å². The first-order valence-electron chi connectivity index (χ1n) is 10.9. The molecule has 0 atom stereocenters. The van der Waals surface area contributed by atoms with Crippen LogP contribution in [0, 0.1) is 11.3 Å². The van der Waals surface area contributed by atoms with Crippen molar-refractivity contribution in [2.24, 2.45) is 0 Å². The zero-order valence-corrected chi connectivity index (χ0v) is 18.7. The lowest BCUT2D eigenvalue weighted by atomic mass is 10.1. The summed E-state index contributed by atoms with van der Waals surface area (Å²) >= 11 is 0. The van der Waals surface area contributed by atoms with Crippen LogP contribution in [0.4, 0.5) is 0 Å². The van der Waals surface area contributed by atoms with Crippen molar-refractivity contribution in [3.63, 3.8) is 0 Å². The van der Waals surface area contributed by atoms with Crippen molar-refractivity contribution in [3.05, 3.63) is 71.8 Å². The van der Waals surface area contributed by atoms with Crippen molar-refractivity contribution in [1.82, 2.24) is 19.5 Å². The first-order chi connectivity index (χ1) is 16.2. The fourth-order valence-electron chi connectivity index (χ4n) is 3.52. The first-order valence-corrected chi connectivity index (χ1v) is 10.9. The maximum absolute atomic E-state index is 9.10. The number of nitriles is 1. The number of methoxy groups -OCH3 is 1. The minimum atomic E-state index is 0.495. The molecule has 0 N–H and O–H groups in total. The van der Waals surface area contributed by atoms with Crippen LogP contribution in [-0.4, -0.2) is 33.2 Å². The van der Waals surface area contributed by atoms with E-state index in [-0.39, 0.29) is 0 Å². The smallest absolute Gasteiger partial charge is 0.168 e. The largest absolute Gasteiger partial charge is 0.493 e. The molecule has 0 bridgehead atoms. The van der Waals surface area contributed by atoms with E-state index in [1.165, 1.54) is 0 Å². The average Bonchev–Trinajstić information content (AvgIpc) is 3.24.